The largest absolute Gasteiger partial charge is 0.475 e. The molecule has 1 aromatic rings. The van der Waals surface area contributed by atoms with Crippen LogP contribution in [0.4, 0.5) is 4.39 Å². The van der Waals surface area contributed by atoms with Crippen molar-refractivity contribution in [3.8, 4) is 5.88 Å². The lowest BCUT2D eigenvalue weighted by Crippen LogP contribution is -2.17. The molecule has 0 aliphatic carbocycles. The van der Waals surface area contributed by atoms with Crippen LogP contribution in [0.5, 0.6) is 5.88 Å². The van der Waals surface area contributed by atoms with Gasteiger partial charge in [-0.1, -0.05) is 0 Å². The average Bonchev–Trinajstić information content (AvgIpc) is 2.80. The summed E-state index contributed by atoms with van der Waals surface area (Å²) in [6.45, 7) is 1.23. The highest BCUT2D eigenvalue weighted by molar-refractivity contribution is 6.17. The smallest absolute Gasteiger partial charge is 0.218 e. The Kier molecular flexibility index (Phi) is 3.96. The van der Waals surface area contributed by atoms with Crippen LogP contribution in [0.15, 0.2) is 12.3 Å². The van der Waals surface area contributed by atoms with E-state index >= 15 is 0 Å². The van der Waals surface area contributed by atoms with Gasteiger partial charge in [-0.05, 0) is 18.9 Å². The van der Waals surface area contributed by atoms with E-state index in [1.54, 1.807) is 0 Å². The van der Waals surface area contributed by atoms with Gasteiger partial charge in [-0.2, -0.15) is 0 Å². The number of aromatic nitrogens is 1. The van der Waals surface area contributed by atoms with Crippen molar-refractivity contribution in [1.82, 2.24) is 4.98 Å². The second-order valence-corrected chi connectivity index (χ2v) is 3.96. The number of halogens is 2. The molecule has 5 heteroatoms. The molecule has 0 spiro atoms. The van der Waals surface area contributed by atoms with Crippen LogP contribution in [0.2, 0.25) is 0 Å². The molecule has 0 saturated carbocycles. The first-order chi connectivity index (χ1) is 7.79. The van der Waals surface area contributed by atoms with Gasteiger partial charge in [-0.15, -0.1) is 11.6 Å². The average molecular weight is 246 g/mol. The topological polar surface area (TPSA) is 31.4 Å². The Bertz CT molecular complexity index is 356. The minimum Gasteiger partial charge on any atom is -0.475 e. The van der Waals surface area contributed by atoms with E-state index in [0.717, 1.165) is 25.6 Å². The van der Waals surface area contributed by atoms with Crippen molar-refractivity contribution >= 4 is 11.6 Å². The molecule has 0 bridgehead atoms. The molecule has 3 nitrogen and oxygen atoms in total. The fourth-order valence-corrected chi connectivity index (χ4v) is 1.83. The highest BCUT2D eigenvalue weighted by Crippen LogP contribution is 2.20. The molecule has 16 heavy (non-hydrogen) atoms. The fraction of sp³-hybridized carbons (Fsp3) is 0.545. The lowest BCUT2D eigenvalue weighted by Gasteiger charge is -2.12. The lowest BCUT2D eigenvalue weighted by molar-refractivity contribution is 0.0660. The zero-order chi connectivity index (χ0) is 11.4. The van der Waals surface area contributed by atoms with Crippen LogP contribution in [0.25, 0.3) is 0 Å². The molecule has 0 amide bonds. The van der Waals surface area contributed by atoms with E-state index in [0.29, 0.717) is 18.1 Å². The molecule has 1 aliphatic heterocycles. The zero-order valence-electron chi connectivity index (χ0n) is 8.79. The summed E-state index contributed by atoms with van der Waals surface area (Å²) >= 11 is 5.68. The zero-order valence-corrected chi connectivity index (χ0v) is 9.54. The molecule has 1 aromatic heterocycles. The number of rotatable bonds is 4. The van der Waals surface area contributed by atoms with Gasteiger partial charge in [0.05, 0.1) is 18.2 Å². The van der Waals surface area contributed by atoms with Crippen molar-refractivity contribution in [2.45, 2.75) is 24.8 Å². The molecule has 0 radical (unpaired) electrons. The lowest BCUT2D eigenvalue weighted by atomic mass is 10.2. The Balaban J connectivity index is 1.97. The third-order valence-electron chi connectivity index (χ3n) is 2.47. The molecule has 2 heterocycles. The van der Waals surface area contributed by atoms with Crippen LogP contribution in [0.3, 0.4) is 0 Å². The number of alkyl halides is 1. The van der Waals surface area contributed by atoms with Crippen molar-refractivity contribution in [2.75, 3.05) is 13.2 Å². The molecule has 1 saturated heterocycles. The standard InChI is InChI=1S/C11H13ClFNO2/c12-5-8-4-9(13)6-14-11(8)16-7-10-2-1-3-15-10/h4,6,10H,1-3,5,7H2. The van der Waals surface area contributed by atoms with Gasteiger partial charge in [0.25, 0.3) is 0 Å². The Morgan fingerprint density at radius 3 is 3.19 bits per heavy atom. The maximum absolute atomic E-state index is 12.9. The van der Waals surface area contributed by atoms with Crippen LogP contribution in [-0.4, -0.2) is 24.3 Å². The second-order valence-electron chi connectivity index (χ2n) is 3.70. The maximum atomic E-state index is 12.9. The predicted molar refractivity (Wildman–Crippen MR) is 58.2 cm³/mol. The number of ether oxygens (including phenoxy) is 2. The summed E-state index contributed by atoms with van der Waals surface area (Å²) in [7, 11) is 0. The Hall–Kier alpha value is -0.870. The molecule has 1 aliphatic rings. The van der Waals surface area contributed by atoms with Gasteiger partial charge in [-0.25, -0.2) is 9.37 Å². The van der Waals surface area contributed by atoms with Gasteiger partial charge >= 0.3 is 0 Å². The van der Waals surface area contributed by atoms with Crippen molar-refractivity contribution in [3.05, 3.63) is 23.6 Å². The third kappa shape index (κ3) is 2.83. The molecule has 0 aromatic carbocycles. The third-order valence-corrected chi connectivity index (χ3v) is 2.75. The maximum Gasteiger partial charge on any atom is 0.218 e. The predicted octanol–water partition coefficient (Wildman–Crippen LogP) is 2.52. The minimum atomic E-state index is -0.403. The van der Waals surface area contributed by atoms with Crippen LogP contribution in [-0.2, 0) is 10.6 Å². The summed E-state index contributed by atoms with van der Waals surface area (Å²) in [4.78, 5) is 3.87. The summed E-state index contributed by atoms with van der Waals surface area (Å²) in [6, 6.07) is 1.34. The Morgan fingerprint density at radius 2 is 2.50 bits per heavy atom. The van der Waals surface area contributed by atoms with Crippen molar-refractivity contribution < 1.29 is 13.9 Å². The van der Waals surface area contributed by atoms with Gasteiger partial charge in [0.15, 0.2) is 0 Å². The van der Waals surface area contributed by atoms with Gasteiger partial charge < -0.3 is 9.47 Å². The van der Waals surface area contributed by atoms with Gasteiger partial charge in [-0.3, -0.25) is 0 Å². The SMILES string of the molecule is Fc1cnc(OCC2CCCO2)c(CCl)c1. The van der Waals surface area contributed by atoms with E-state index in [9.17, 15) is 4.39 Å². The van der Waals surface area contributed by atoms with E-state index in [1.165, 1.54) is 6.07 Å². The Labute approximate surface area is 98.5 Å². The van der Waals surface area contributed by atoms with Crippen LogP contribution >= 0.6 is 11.6 Å². The number of nitrogens with zero attached hydrogens (tertiary/aromatic N) is 1. The first-order valence-corrected chi connectivity index (χ1v) is 5.78. The molecular weight excluding hydrogens is 233 g/mol. The normalized spacial score (nSPS) is 20.0. The highest BCUT2D eigenvalue weighted by Gasteiger charge is 2.17. The van der Waals surface area contributed by atoms with Crippen LogP contribution in [0, 0.1) is 5.82 Å². The molecule has 1 fully saturated rings. The van der Waals surface area contributed by atoms with Gasteiger partial charge in [0.1, 0.15) is 12.4 Å². The second kappa shape index (κ2) is 5.46. The summed E-state index contributed by atoms with van der Waals surface area (Å²) in [5.74, 6) is 0.179. The number of hydrogen-bond donors (Lipinski definition) is 0. The van der Waals surface area contributed by atoms with Crippen molar-refractivity contribution in [2.24, 2.45) is 0 Å². The molecule has 2 rings (SSSR count). The van der Waals surface area contributed by atoms with E-state index < -0.39 is 5.82 Å². The fourth-order valence-electron chi connectivity index (χ4n) is 1.64. The molecule has 1 atom stereocenters. The quantitative estimate of drug-likeness (QED) is 0.764. The summed E-state index contributed by atoms with van der Waals surface area (Å²) in [5.41, 5.74) is 0.569. The van der Waals surface area contributed by atoms with E-state index in [2.05, 4.69) is 4.98 Å². The summed E-state index contributed by atoms with van der Waals surface area (Å²) in [6.07, 6.45) is 3.31. The van der Waals surface area contributed by atoms with E-state index in [1.807, 2.05) is 0 Å². The minimum absolute atomic E-state index is 0.120. The molecule has 0 N–H and O–H groups in total. The highest BCUT2D eigenvalue weighted by atomic mass is 35.5. The molecule has 1 unspecified atom stereocenters. The van der Waals surface area contributed by atoms with E-state index in [4.69, 9.17) is 21.1 Å². The van der Waals surface area contributed by atoms with Crippen LogP contribution in [0.1, 0.15) is 18.4 Å². The van der Waals surface area contributed by atoms with Gasteiger partial charge in [0.2, 0.25) is 5.88 Å². The first kappa shape index (κ1) is 11.6. The summed E-state index contributed by atoms with van der Waals surface area (Å²) < 4.78 is 23.8. The van der Waals surface area contributed by atoms with Crippen molar-refractivity contribution in [3.63, 3.8) is 0 Å². The van der Waals surface area contributed by atoms with Crippen molar-refractivity contribution in [1.29, 1.82) is 0 Å². The number of hydrogen-bond acceptors (Lipinski definition) is 3. The summed E-state index contributed by atoms with van der Waals surface area (Å²) in [5, 5.41) is 0. The number of pyridine rings is 1. The van der Waals surface area contributed by atoms with Crippen LogP contribution < -0.4 is 4.74 Å². The Morgan fingerprint density at radius 1 is 1.62 bits per heavy atom. The first-order valence-electron chi connectivity index (χ1n) is 5.24. The monoisotopic (exact) mass is 245 g/mol. The van der Waals surface area contributed by atoms with E-state index in [-0.39, 0.29) is 12.0 Å². The molecular formula is C11H13ClFNO2. The van der Waals surface area contributed by atoms with Gasteiger partial charge in [0, 0.05) is 12.2 Å². The molecule has 88 valence electrons.